The zero-order valence-electron chi connectivity index (χ0n) is 14.9. The number of amides is 1. The fourth-order valence-electron chi connectivity index (χ4n) is 2.48. The van der Waals surface area contributed by atoms with Gasteiger partial charge in [0.2, 0.25) is 0 Å². The van der Waals surface area contributed by atoms with Gasteiger partial charge in [0, 0.05) is 23.4 Å². The van der Waals surface area contributed by atoms with Gasteiger partial charge in [-0.25, -0.2) is 4.68 Å². The average Bonchev–Trinajstić information content (AvgIpc) is 3.11. The summed E-state index contributed by atoms with van der Waals surface area (Å²) in [4.78, 5) is 34.0. The monoisotopic (exact) mass is 450 g/mol. The van der Waals surface area contributed by atoms with Gasteiger partial charge in [0.15, 0.2) is 0 Å². The summed E-state index contributed by atoms with van der Waals surface area (Å²) in [6, 6.07) is 9.44. The average molecular weight is 451 g/mol. The summed E-state index contributed by atoms with van der Waals surface area (Å²) in [5.74, 6) is -1.63. The Labute approximate surface area is 178 Å². The molecular weight excluding hydrogens is 439 g/mol. The number of non-ortho nitro benzene ring substituents is 1. The molecule has 10 nitrogen and oxygen atoms in total. The predicted octanol–water partition coefficient (Wildman–Crippen LogP) is 4.23. The van der Waals surface area contributed by atoms with E-state index in [1.165, 1.54) is 36.5 Å². The molecule has 1 heterocycles. The number of hydrogen-bond acceptors (Lipinski definition) is 6. The maximum Gasteiger partial charge on any atom is 0.325 e. The van der Waals surface area contributed by atoms with E-state index >= 15 is 0 Å². The molecule has 0 saturated heterocycles. The van der Waals surface area contributed by atoms with Gasteiger partial charge in [-0.3, -0.25) is 19.7 Å². The Kier molecular flexibility index (Phi) is 6.19. The van der Waals surface area contributed by atoms with E-state index in [9.17, 15) is 19.7 Å². The van der Waals surface area contributed by atoms with Crippen LogP contribution < -0.4 is 10.1 Å². The maximum absolute atomic E-state index is 12.5. The van der Waals surface area contributed by atoms with E-state index in [1.54, 1.807) is 0 Å². The predicted molar refractivity (Wildman–Crippen MR) is 107 cm³/mol. The van der Waals surface area contributed by atoms with E-state index in [-0.39, 0.29) is 33.6 Å². The lowest BCUT2D eigenvalue weighted by atomic mass is 10.2. The number of ether oxygens (including phenoxy) is 1. The molecule has 1 amide bonds. The largest absolute Gasteiger partial charge is 0.480 e. The zero-order valence-corrected chi connectivity index (χ0v) is 16.4. The second-order valence-electron chi connectivity index (χ2n) is 5.87. The summed E-state index contributed by atoms with van der Waals surface area (Å²) < 4.78 is 6.59. The van der Waals surface area contributed by atoms with Crippen molar-refractivity contribution in [1.29, 1.82) is 0 Å². The van der Waals surface area contributed by atoms with Crippen LogP contribution in [0, 0.1) is 10.1 Å². The van der Waals surface area contributed by atoms with Crippen molar-refractivity contribution >= 4 is 46.5 Å². The van der Waals surface area contributed by atoms with E-state index in [0.29, 0.717) is 5.02 Å². The summed E-state index contributed by atoms with van der Waals surface area (Å²) in [7, 11) is 0. The second kappa shape index (κ2) is 8.80. The van der Waals surface area contributed by atoms with Crippen molar-refractivity contribution in [3.63, 3.8) is 0 Å². The minimum atomic E-state index is -1.18. The molecule has 0 aliphatic rings. The molecular formula is C18H12Cl2N4O6. The van der Waals surface area contributed by atoms with Crippen LogP contribution in [0.1, 0.15) is 10.5 Å². The van der Waals surface area contributed by atoms with Gasteiger partial charge in [-0.1, -0.05) is 23.2 Å². The number of hydrogen-bond donors (Lipinski definition) is 2. The summed E-state index contributed by atoms with van der Waals surface area (Å²) in [5.41, 5.74) is -0.323. The third-order valence-electron chi connectivity index (χ3n) is 3.72. The SMILES string of the molecule is O=C(O)Cn1nccc1C(=O)Nc1cc(Oc2ccc(Cl)cc2Cl)cc([N+](=O)[O-])c1. The Balaban J connectivity index is 1.89. The zero-order chi connectivity index (χ0) is 21.8. The quantitative estimate of drug-likeness (QED) is 0.405. The van der Waals surface area contributed by atoms with Gasteiger partial charge in [0.05, 0.1) is 21.7 Å². The standard InChI is InChI=1S/C18H12Cl2N4O6/c19-10-1-2-16(14(20)5-10)30-13-7-11(6-12(8-13)24(28)29)22-18(27)15-3-4-21-23(15)9-17(25)26/h1-8H,9H2,(H,22,27)(H,25,26). The maximum atomic E-state index is 12.5. The first-order chi connectivity index (χ1) is 14.2. The van der Waals surface area contributed by atoms with Crippen molar-refractivity contribution in [2.45, 2.75) is 6.54 Å². The molecule has 1 aromatic heterocycles. The highest BCUT2D eigenvalue weighted by molar-refractivity contribution is 6.35. The van der Waals surface area contributed by atoms with Crippen molar-refractivity contribution in [1.82, 2.24) is 9.78 Å². The number of nitro groups is 1. The Morgan fingerprint density at radius 2 is 1.97 bits per heavy atom. The molecule has 0 bridgehead atoms. The molecule has 30 heavy (non-hydrogen) atoms. The van der Waals surface area contributed by atoms with E-state index in [2.05, 4.69) is 10.4 Å². The number of carbonyl (C=O) groups excluding carboxylic acids is 1. The molecule has 0 radical (unpaired) electrons. The van der Waals surface area contributed by atoms with Crippen molar-refractivity contribution < 1.29 is 24.4 Å². The number of carboxylic acids is 1. The van der Waals surface area contributed by atoms with Crippen molar-refractivity contribution in [3.8, 4) is 11.5 Å². The Morgan fingerprint density at radius 1 is 1.20 bits per heavy atom. The summed E-state index contributed by atoms with van der Waals surface area (Å²) >= 11 is 11.9. The molecule has 12 heteroatoms. The van der Waals surface area contributed by atoms with Crippen LogP contribution in [0.5, 0.6) is 11.5 Å². The van der Waals surface area contributed by atoms with Crippen molar-refractivity contribution in [2.24, 2.45) is 0 Å². The first-order valence-electron chi connectivity index (χ1n) is 8.20. The molecule has 0 fully saturated rings. The van der Waals surface area contributed by atoms with Crippen LogP contribution in [-0.4, -0.2) is 31.7 Å². The van der Waals surface area contributed by atoms with Crippen molar-refractivity contribution in [2.75, 3.05) is 5.32 Å². The molecule has 0 saturated carbocycles. The minimum absolute atomic E-state index is 0.0351. The lowest BCUT2D eigenvalue weighted by molar-refractivity contribution is -0.384. The highest BCUT2D eigenvalue weighted by Gasteiger charge is 2.18. The number of rotatable bonds is 7. The number of nitro benzene ring substituents is 1. The van der Waals surface area contributed by atoms with Gasteiger partial charge in [-0.2, -0.15) is 5.10 Å². The van der Waals surface area contributed by atoms with Crippen LogP contribution in [0.3, 0.4) is 0 Å². The normalized spacial score (nSPS) is 10.5. The van der Waals surface area contributed by atoms with Gasteiger partial charge >= 0.3 is 5.97 Å². The van der Waals surface area contributed by atoms with Crippen LogP contribution in [0.2, 0.25) is 10.0 Å². The first-order valence-corrected chi connectivity index (χ1v) is 8.96. The van der Waals surface area contributed by atoms with Gasteiger partial charge in [0.1, 0.15) is 23.7 Å². The van der Waals surface area contributed by atoms with E-state index in [1.807, 2.05) is 0 Å². The minimum Gasteiger partial charge on any atom is -0.480 e. The van der Waals surface area contributed by atoms with E-state index < -0.39 is 23.3 Å². The third-order valence-corrected chi connectivity index (χ3v) is 4.25. The molecule has 154 valence electrons. The van der Waals surface area contributed by atoms with Gasteiger partial charge in [0.25, 0.3) is 11.6 Å². The number of nitrogens with zero attached hydrogens (tertiary/aromatic N) is 3. The first kappa shape index (κ1) is 21.1. The molecule has 3 rings (SSSR count). The highest BCUT2D eigenvalue weighted by Crippen LogP contribution is 2.34. The van der Waals surface area contributed by atoms with Crippen LogP contribution in [0.4, 0.5) is 11.4 Å². The molecule has 0 spiro atoms. The third kappa shape index (κ3) is 5.04. The van der Waals surface area contributed by atoms with Crippen LogP contribution in [0.15, 0.2) is 48.7 Å². The number of anilines is 1. The highest BCUT2D eigenvalue weighted by atomic mass is 35.5. The topological polar surface area (TPSA) is 137 Å². The lowest BCUT2D eigenvalue weighted by Gasteiger charge is -2.11. The molecule has 3 aromatic rings. The van der Waals surface area contributed by atoms with Crippen LogP contribution in [-0.2, 0) is 11.3 Å². The summed E-state index contributed by atoms with van der Waals surface area (Å²) in [6.45, 7) is -0.520. The molecule has 0 atom stereocenters. The van der Waals surface area contributed by atoms with E-state index in [4.69, 9.17) is 33.0 Å². The molecule has 2 N–H and O–H groups in total. The van der Waals surface area contributed by atoms with E-state index in [0.717, 1.165) is 16.8 Å². The number of carbonyl (C=O) groups is 2. The molecule has 2 aromatic carbocycles. The second-order valence-corrected chi connectivity index (χ2v) is 6.72. The summed E-state index contributed by atoms with van der Waals surface area (Å²) in [6.07, 6.45) is 1.27. The Hall–Kier alpha value is -3.63. The number of nitrogens with one attached hydrogen (secondary N) is 1. The lowest BCUT2D eigenvalue weighted by Crippen LogP contribution is -2.20. The molecule has 0 aliphatic heterocycles. The number of benzene rings is 2. The molecule has 0 aliphatic carbocycles. The summed E-state index contributed by atoms with van der Waals surface area (Å²) in [5, 5.41) is 27.0. The van der Waals surface area contributed by atoms with Gasteiger partial charge in [-0.15, -0.1) is 0 Å². The fourth-order valence-corrected chi connectivity index (χ4v) is 2.93. The smallest absolute Gasteiger partial charge is 0.325 e. The van der Waals surface area contributed by atoms with Crippen molar-refractivity contribution in [3.05, 3.63) is 74.5 Å². The number of aliphatic carboxylic acids is 1. The Bertz CT molecular complexity index is 1150. The number of carboxylic acid groups (broad SMARTS) is 1. The number of halogens is 2. The number of aromatic nitrogens is 2. The van der Waals surface area contributed by atoms with Crippen LogP contribution >= 0.6 is 23.2 Å². The van der Waals surface area contributed by atoms with Gasteiger partial charge in [-0.05, 0) is 24.3 Å². The van der Waals surface area contributed by atoms with Crippen LogP contribution in [0.25, 0.3) is 0 Å². The fraction of sp³-hybridized carbons (Fsp3) is 0.0556. The Morgan fingerprint density at radius 3 is 2.63 bits per heavy atom. The van der Waals surface area contributed by atoms with Gasteiger partial charge < -0.3 is 15.2 Å². The molecule has 0 unspecified atom stereocenters.